The van der Waals surface area contributed by atoms with E-state index in [1.807, 2.05) is 0 Å². The second-order valence-corrected chi connectivity index (χ2v) is 8.26. The van der Waals surface area contributed by atoms with Crippen LogP contribution in [0.2, 0.25) is 0 Å². The van der Waals surface area contributed by atoms with E-state index in [9.17, 15) is 4.79 Å². The van der Waals surface area contributed by atoms with Gasteiger partial charge < -0.3 is 11.1 Å². The molecular weight excluding hydrogens is 280 g/mol. The van der Waals surface area contributed by atoms with Crippen molar-refractivity contribution in [2.75, 3.05) is 0 Å². The molecule has 0 aromatic heterocycles. The third kappa shape index (κ3) is 3.10. The van der Waals surface area contributed by atoms with E-state index in [0.29, 0.717) is 17.3 Å². The number of nitrogens with one attached hydrogen (secondary N) is 1. The fourth-order valence-electron chi connectivity index (χ4n) is 4.87. The van der Waals surface area contributed by atoms with Crippen LogP contribution in [0, 0.1) is 23.7 Å². The molecule has 0 saturated heterocycles. The van der Waals surface area contributed by atoms with Gasteiger partial charge in [-0.05, 0) is 68.6 Å². The lowest BCUT2D eigenvalue weighted by Gasteiger charge is -2.39. The van der Waals surface area contributed by atoms with Gasteiger partial charge in [-0.3, -0.25) is 4.79 Å². The zero-order valence-corrected chi connectivity index (χ0v) is 13.9. The Bertz CT molecular complexity index is 429. The standard InChI is InChI=1S/C17H28N2OS/c1-11-4-6-17(7-5-11,16(18)21)19-15(20)10-14-9-12-2-3-13(14)8-12/h11-14H,2-10H2,1H3,(H2,18,21)(H,19,20). The lowest BCUT2D eigenvalue weighted by molar-refractivity contribution is -0.124. The number of hydrogen-bond donors (Lipinski definition) is 2. The molecule has 3 fully saturated rings. The van der Waals surface area contributed by atoms with E-state index >= 15 is 0 Å². The van der Waals surface area contributed by atoms with Gasteiger partial charge in [0.05, 0.1) is 10.5 Å². The molecule has 0 aromatic carbocycles. The van der Waals surface area contributed by atoms with Crippen molar-refractivity contribution in [1.82, 2.24) is 5.32 Å². The van der Waals surface area contributed by atoms with Crippen molar-refractivity contribution >= 4 is 23.1 Å². The maximum absolute atomic E-state index is 12.5. The summed E-state index contributed by atoms with van der Waals surface area (Å²) in [6.07, 6.45) is 10.0. The first-order valence-corrected chi connectivity index (χ1v) is 9.00. The summed E-state index contributed by atoms with van der Waals surface area (Å²) in [6, 6.07) is 0. The lowest BCUT2D eigenvalue weighted by Crippen LogP contribution is -2.58. The number of hydrogen-bond acceptors (Lipinski definition) is 2. The SMILES string of the molecule is CC1CCC(NC(=O)CC2CC3CCC2C3)(C(N)=S)CC1. The van der Waals surface area contributed by atoms with E-state index in [2.05, 4.69) is 12.2 Å². The van der Waals surface area contributed by atoms with Crippen molar-refractivity contribution in [3.05, 3.63) is 0 Å². The van der Waals surface area contributed by atoms with Gasteiger partial charge in [0.2, 0.25) is 5.91 Å². The Labute approximate surface area is 133 Å². The highest BCUT2D eigenvalue weighted by Crippen LogP contribution is 2.49. The second kappa shape index (κ2) is 5.86. The quantitative estimate of drug-likeness (QED) is 0.784. The van der Waals surface area contributed by atoms with Gasteiger partial charge in [-0.2, -0.15) is 0 Å². The minimum Gasteiger partial charge on any atom is -0.391 e. The van der Waals surface area contributed by atoms with E-state index < -0.39 is 5.54 Å². The molecule has 3 rings (SSSR count). The van der Waals surface area contributed by atoms with Gasteiger partial charge >= 0.3 is 0 Å². The largest absolute Gasteiger partial charge is 0.391 e. The highest BCUT2D eigenvalue weighted by Gasteiger charge is 2.42. The first-order chi connectivity index (χ1) is 9.98. The van der Waals surface area contributed by atoms with Gasteiger partial charge in [-0.25, -0.2) is 0 Å². The number of amides is 1. The third-order valence-electron chi connectivity index (χ3n) is 6.31. The molecule has 0 heterocycles. The average molecular weight is 308 g/mol. The molecule has 1 amide bonds. The minimum absolute atomic E-state index is 0.176. The van der Waals surface area contributed by atoms with Crippen LogP contribution in [-0.4, -0.2) is 16.4 Å². The van der Waals surface area contributed by atoms with Crippen LogP contribution in [0.5, 0.6) is 0 Å². The van der Waals surface area contributed by atoms with E-state index in [1.54, 1.807) is 0 Å². The van der Waals surface area contributed by atoms with Crippen molar-refractivity contribution in [1.29, 1.82) is 0 Å². The summed E-state index contributed by atoms with van der Waals surface area (Å²) in [7, 11) is 0. The van der Waals surface area contributed by atoms with Crippen LogP contribution in [0.3, 0.4) is 0 Å². The van der Waals surface area contributed by atoms with Crippen molar-refractivity contribution in [2.24, 2.45) is 29.4 Å². The number of thiocarbonyl (C=S) groups is 1. The summed E-state index contributed by atoms with van der Waals surface area (Å²) in [4.78, 5) is 13.0. The summed E-state index contributed by atoms with van der Waals surface area (Å²) in [5, 5.41) is 3.23. The second-order valence-electron chi connectivity index (χ2n) is 7.82. The molecule has 0 aliphatic heterocycles. The summed E-state index contributed by atoms with van der Waals surface area (Å²) < 4.78 is 0. The maximum Gasteiger partial charge on any atom is 0.221 e. The molecule has 2 bridgehead atoms. The zero-order chi connectivity index (χ0) is 15.0. The predicted molar refractivity (Wildman–Crippen MR) is 88.8 cm³/mol. The molecule has 3 nitrogen and oxygen atoms in total. The van der Waals surface area contributed by atoms with Gasteiger partial charge in [-0.15, -0.1) is 0 Å². The van der Waals surface area contributed by atoms with Crippen LogP contribution in [0.1, 0.15) is 64.7 Å². The normalized spacial score (nSPS) is 42.0. The van der Waals surface area contributed by atoms with Gasteiger partial charge in [0.15, 0.2) is 0 Å². The zero-order valence-electron chi connectivity index (χ0n) is 13.1. The van der Waals surface area contributed by atoms with E-state index in [1.165, 1.54) is 25.7 Å². The molecule has 3 unspecified atom stereocenters. The number of carbonyl (C=O) groups excluding carboxylic acids is 1. The molecule has 118 valence electrons. The molecule has 3 atom stereocenters. The molecule has 21 heavy (non-hydrogen) atoms. The fourth-order valence-corrected chi connectivity index (χ4v) is 5.13. The number of rotatable bonds is 4. The van der Waals surface area contributed by atoms with E-state index in [4.69, 9.17) is 18.0 Å². The average Bonchev–Trinajstić information content (AvgIpc) is 3.03. The van der Waals surface area contributed by atoms with Crippen LogP contribution < -0.4 is 11.1 Å². The Kier molecular flexibility index (Phi) is 4.26. The van der Waals surface area contributed by atoms with Crippen LogP contribution in [-0.2, 0) is 4.79 Å². The third-order valence-corrected chi connectivity index (χ3v) is 6.70. The smallest absolute Gasteiger partial charge is 0.221 e. The summed E-state index contributed by atoms with van der Waals surface area (Å²) in [5.74, 6) is 3.19. The number of fused-ring (bicyclic) bond motifs is 2. The first kappa shape index (κ1) is 15.3. The Morgan fingerprint density at radius 1 is 1.24 bits per heavy atom. The maximum atomic E-state index is 12.5. The van der Waals surface area contributed by atoms with Gasteiger partial charge in [0.25, 0.3) is 0 Å². The van der Waals surface area contributed by atoms with Crippen LogP contribution in [0.15, 0.2) is 0 Å². The summed E-state index contributed by atoms with van der Waals surface area (Å²) in [6.45, 7) is 2.26. The van der Waals surface area contributed by atoms with Crippen molar-refractivity contribution in [2.45, 2.75) is 70.3 Å². The van der Waals surface area contributed by atoms with E-state index in [-0.39, 0.29) is 5.91 Å². The molecular formula is C17H28N2OS. The van der Waals surface area contributed by atoms with Gasteiger partial charge in [0.1, 0.15) is 0 Å². The monoisotopic (exact) mass is 308 g/mol. The van der Waals surface area contributed by atoms with Crippen LogP contribution in [0.25, 0.3) is 0 Å². The molecule has 0 radical (unpaired) electrons. The van der Waals surface area contributed by atoms with Crippen LogP contribution in [0.4, 0.5) is 0 Å². The minimum atomic E-state index is -0.406. The van der Waals surface area contributed by atoms with Gasteiger partial charge in [-0.1, -0.05) is 25.6 Å². The predicted octanol–water partition coefficient (Wildman–Crippen LogP) is 3.16. The molecule has 0 spiro atoms. The highest BCUT2D eigenvalue weighted by molar-refractivity contribution is 7.80. The Balaban J connectivity index is 1.58. The molecule has 3 N–H and O–H groups in total. The summed E-state index contributed by atoms with van der Waals surface area (Å²) >= 11 is 5.28. The Morgan fingerprint density at radius 2 is 1.95 bits per heavy atom. The van der Waals surface area contributed by atoms with Crippen LogP contribution >= 0.6 is 12.2 Å². The molecule has 0 aromatic rings. The van der Waals surface area contributed by atoms with Crippen molar-refractivity contribution in [3.8, 4) is 0 Å². The molecule has 3 aliphatic carbocycles. The highest BCUT2D eigenvalue weighted by atomic mass is 32.1. The van der Waals surface area contributed by atoms with E-state index in [0.717, 1.165) is 43.4 Å². The molecule has 3 aliphatic rings. The Hall–Kier alpha value is -0.640. The summed E-state index contributed by atoms with van der Waals surface area (Å²) in [5.41, 5.74) is 5.58. The first-order valence-electron chi connectivity index (χ1n) is 8.59. The molecule has 4 heteroatoms. The van der Waals surface area contributed by atoms with Crippen molar-refractivity contribution in [3.63, 3.8) is 0 Å². The fraction of sp³-hybridized carbons (Fsp3) is 0.882. The lowest BCUT2D eigenvalue weighted by atomic mass is 9.76. The van der Waals surface area contributed by atoms with Crippen molar-refractivity contribution < 1.29 is 4.79 Å². The Morgan fingerprint density at radius 3 is 2.48 bits per heavy atom. The molecule has 3 saturated carbocycles. The number of nitrogens with two attached hydrogens (primary N) is 1. The van der Waals surface area contributed by atoms with Gasteiger partial charge in [0, 0.05) is 6.42 Å². The number of carbonyl (C=O) groups is 1. The topological polar surface area (TPSA) is 55.1 Å².